The fourth-order valence-electron chi connectivity index (χ4n) is 3.67. The van der Waals surface area contributed by atoms with Crippen LogP contribution in [0.2, 0.25) is 0 Å². The molecule has 2 aromatic heterocycles. The molecule has 5 rings (SSSR count). The summed E-state index contributed by atoms with van der Waals surface area (Å²) in [4.78, 5) is 18.9. The third-order valence-electron chi connectivity index (χ3n) is 5.25. The minimum atomic E-state index is -0.304. The van der Waals surface area contributed by atoms with Crippen LogP contribution in [0.15, 0.2) is 83.0 Å². The molecule has 154 valence electrons. The van der Waals surface area contributed by atoms with Crippen molar-refractivity contribution in [3.63, 3.8) is 0 Å². The molecule has 0 N–H and O–H groups in total. The van der Waals surface area contributed by atoms with Crippen LogP contribution >= 0.6 is 23.5 Å². The summed E-state index contributed by atoms with van der Waals surface area (Å²) in [6.45, 7) is 4.26. The summed E-state index contributed by atoms with van der Waals surface area (Å²) in [6.07, 6.45) is 3.70. The van der Waals surface area contributed by atoms with Gasteiger partial charge in [0.15, 0.2) is 5.17 Å². The van der Waals surface area contributed by atoms with Gasteiger partial charge in [-0.25, -0.2) is 9.98 Å². The molecule has 4 aromatic rings. The number of thioether (sulfide) groups is 2. The summed E-state index contributed by atoms with van der Waals surface area (Å²) in [6, 6.07) is 20.8. The number of rotatable bonds is 4. The predicted molar refractivity (Wildman–Crippen MR) is 135 cm³/mol. The van der Waals surface area contributed by atoms with Crippen LogP contribution in [0.25, 0.3) is 21.8 Å². The summed E-state index contributed by atoms with van der Waals surface area (Å²) < 4.78 is 0. The fraction of sp³-hybridized carbons (Fsp3) is 0.200. The van der Waals surface area contributed by atoms with E-state index in [0.717, 1.165) is 38.1 Å². The summed E-state index contributed by atoms with van der Waals surface area (Å²) in [5.41, 5.74) is 4.25. The highest BCUT2D eigenvalue weighted by atomic mass is 32.2. The average molecular weight is 443 g/mol. The monoisotopic (exact) mass is 442 g/mol. The van der Waals surface area contributed by atoms with E-state index in [4.69, 9.17) is 9.98 Å². The number of aromatic nitrogens is 2. The van der Waals surface area contributed by atoms with Gasteiger partial charge in [-0.2, -0.15) is 0 Å². The van der Waals surface area contributed by atoms with Gasteiger partial charge in [0.25, 0.3) is 0 Å². The Kier molecular flexibility index (Phi) is 5.50. The quantitative estimate of drug-likeness (QED) is 0.362. The van der Waals surface area contributed by atoms with Crippen LogP contribution in [0.4, 0.5) is 0 Å². The Labute approximate surface area is 190 Å². The van der Waals surface area contributed by atoms with E-state index in [2.05, 4.69) is 72.3 Å². The summed E-state index contributed by atoms with van der Waals surface area (Å²) in [7, 11) is 0. The van der Waals surface area contributed by atoms with Gasteiger partial charge in [-0.15, -0.1) is 11.8 Å². The van der Waals surface area contributed by atoms with Gasteiger partial charge in [0.05, 0.1) is 11.0 Å². The van der Waals surface area contributed by atoms with Crippen molar-refractivity contribution in [2.24, 2.45) is 9.98 Å². The van der Waals surface area contributed by atoms with E-state index in [-0.39, 0.29) is 5.54 Å². The molecule has 0 fully saturated rings. The van der Waals surface area contributed by atoms with Crippen LogP contribution in [0.3, 0.4) is 0 Å². The van der Waals surface area contributed by atoms with Crippen LogP contribution in [-0.4, -0.2) is 25.7 Å². The van der Waals surface area contributed by atoms with Crippen molar-refractivity contribution in [2.75, 3.05) is 0 Å². The Morgan fingerprint density at radius 3 is 1.87 bits per heavy atom. The largest absolute Gasteiger partial charge is 0.256 e. The van der Waals surface area contributed by atoms with Crippen molar-refractivity contribution in [2.45, 2.75) is 30.9 Å². The second-order valence-electron chi connectivity index (χ2n) is 7.93. The van der Waals surface area contributed by atoms with Crippen molar-refractivity contribution >= 4 is 55.5 Å². The standard InChI is InChI=1S/C25H22N4S2/c1-25(2)23(30-15-19-9-3-7-17-11-5-13-26-21(17)19)28-24(29-25)31-16-20-10-4-8-18-12-6-14-27-22(18)20/h3-14H,15-16H2,1-2H3. The third-order valence-corrected chi connectivity index (χ3v) is 7.47. The number of nitrogens with zero attached hydrogens (tertiary/aromatic N) is 4. The Hall–Kier alpha value is -2.70. The Balaban J connectivity index is 1.31. The highest BCUT2D eigenvalue weighted by Crippen LogP contribution is 2.33. The van der Waals surface area contributed by atoms with Crippen molar-refractivity contribution in [1.82, 2.24) is 9.97 Å². The molecular weight excluding hydrogens is 420 g/mol. The van der Waals surface area contributed by atoms with Gasteiger partial charge < -0.3 is 0 Å². The lowest BCUT2D eigenvalue weighted by Crippen LogP contribution is -2.23. The number of fused-ring (bicyclic) bond motifs is 2. The molecule has 6 heteroatoms. The van der Waals surface area contributed by atoms with Crippen LogP contribution in [-0.2, 0) is 11.5 Å². The number of para-hydroxylation sites is 2. The van der Waals surface area contributed by atoms with Crippen molar-refractivity contribution < 1.29 is 0 Å². The highest BCUT2D eigenvalue weighted by molar-refractivity contribution is 8.15. The van der Waals surface area contributed by atoms with Crippen molar-refractivity contribution in [1.29, 1.82) is 0 Å². The Morgan fingerprint density at radius 1 is 0.710 bits per heavy atom. The van der Waals surface area contributed by atoms with Gasteiger partial charge in [-0.05, 0) is 37.1 Å². The topological polar surface area (TPSA) is 50.5 Å². The van der Waals surface area contributed by atoms with E-state index < -0.39 is 0 Å². The molecule has 3 heterocycles. The summed E-state index contributed by atoms with van der Waals surface area (Å²) >= 11 is 3.44. The first-order valence-corrected chi connectivity index (χ1v) is 12.2. The van der Waals surface area contributed by atoms with Crippen molar-refractivity contribution in [3.05, 3.63) is 84.2 Å². The lowest BCUT2D eigenvalue weighted by atomic mass is 10.1. The third kappa shape index (κ3) is 4.23. The zero-order valence-electron chi connectivity index (χ0n) is 17.4. The number of benzene rings is 2. The van der Waals surface area contributed by atoms with Gasteiger partial charge >= 0.3 is 0 Å². The van der Waals surface area contributed by atoms with Crippen LogP contribution < -0.4 is 0 Å². The maximum Gasteiger partial charge on any atom is 0.185 e. The van der Waals surface area contributed by atoms with Crippen LogP contribution in [0, 0.1) is 0 Å². The number of amidine groups is 1. The zero-order valence-corrected chi connectivity index (χ0v) is 19.1. The van der Waals surface area contributed by atoms with Crippen LogP contribution in [0.5, 0.6) is 0 Å². The number of pyridine rings is 2. The molecule has 0 radical (unpaired) electrons. The molecule has 0 atom stereocenters. The molecule has 31 heavy (non-hydrogen) atoms. The second-order valence-corrected chi connectivity index (χ2v) is 9.84. The van der Waals surface area contributed by atoms with Gasteiger partial charge in [0.1, 0.15) is 10.6 Å². The lowest BCUT2D eigenvalue weighted by molar-refractivity contribution is 0.728. The number of aliphatic imine (C=N–C) groups is 2. The zero-order chi connectivity index (χ0) is 21.3. The lowest BCUT2D eigenvalue weighted by Gasteiger charge is -2.16. The molecular formula is C25H22N4S2. The molecule has 0 spiro atoms. The Bertz CT molecular complexity index is 1320. The van der Waals surface area contributed by atoms with E-state index >= 15 is 0 Å². The molecule has 1 aliphatic rings. The van der Waals surface area contributed by atoms with E-state index in [0.29, 0.717) is 0 Å². The molecule has 0 bridgehead atoms. The minimum Gasteiger partial charge on any atom is -0.256 e. The minimum absolute atomic E-state index is 0.304. The number of hydrogen-bond acceptors (Lipinski definition) is 6. The molecule has 0 amide bonds. The average Bonchev–Trinajstić information content (AvgIpc) is 3.09. The molecule has 2 aromatic carbocycles. The van der Waals surface area contributed by atoms with E-state index in [1.807, 2.05) is 24.5 Å². The van der Waals surface area contributed by atoms with E-state index in [9.17, 15) is 0 Å². The highest BCUT2D eigenvalue weighted by Gasteiger charge is 2.31. The van der Waals surface area contributed by atoms with Crippen molar-refractivity contribution in [3.8, 4) is 0 Å². The van der Waals surface area contributed by atoms with Gasteiger partial charge in [-0.1, -0.05) is 60.3 Å². The molecule has 1 aliphatic heterocycles. The van der Waals surface area contributed by atoms with E-state index in [1.54, 1.807) is 23.5 Å². The summed E-state index contributed by atoms with van der Waals surface area (Å²) in [5.74, 6) is 1.63. The molecule has 0 unspecified atom stereocenters. The first kappa shape index (κ1) is 20.2. The fourth-order valence-corrected chi connectivity index (χ4v) is 5.76. The van der Waals surface area contributed by atoms with Gasteiger partial charge in [0, 0.05) is 34.7 Å². The smallest absolute Gasteiger partial charge is 0.185 e. The normalized spacial score (nSPS) is 15.3. The number of hydrogen-bond donors (Lipinski definition) is 0. The second kappa shape index (κ2) is 8.44. The molecule has 4 nitrogen and oxygen atoms in total. The maximum atomic E-state index is 4.89. The Morgan fingerprint density at radius 2 is 1.26 bits per heavy atom. The van der Waals surface area contributed by atoms with Crippen LogP contribution in [0.1, 0.15) is 25.0 Å². The first-order valence-electron chi connectivity index (χ1n) is 10.2. The SMILES string of the molecule is CC1(C)N=C(SCc2cccc3cccnc23)N=C1SCc1cccc2cccnc12. The molecule has 0 saturated carbocycles. The predicted octanol–water partition coefficient (Wildman–Crippen LogP) is 6.50. The van der Waals surface area contributed by atoms with E-state index in [1.165, 1.54) is 16.5 Å². The first-order chi connectivity index (χ1) is 15.1. The van der Waals surface area contributed by atoms with Gasteiger partial charge in [0.2, 0.25) is 0 Å². The summed E-state index contributed by atoms with van der Waals surface area (Å²) in [5, 5.41) is 4.23. The molecule has 0 saturated heterocycles. The van der Waals surface area contributed by atoms with Gasteiger partial charge in [-0.3, -0.25) is 9.97 Å². The molecule has 0 aliphatic carbocycles. The maximum absolute atomic E-state index is 4.89.